The maximum atomic E-state index is 12.1. The summed E-state index contributed by atoms with van der Waals surface area (Å²) >= 11 is 0. The monoisotopic (exact) mass is 257 g/mol. The summed E-state index contributed by atoms with van der Waals surface area (Å²) in [6.45, 7) is 7.72. The number of methoxy groups -OCH3 is 1. The molecule has 1 aliphatic rings. The van der Waals surface area contributed by atoms with Crippen molar-refractivity contribution in [1.82, 2.24) is 4.90 Å². The second kappa shape index (κ2) is 5.69. The van der Waals surface area contributed by atoms with E-state index >= 15 is 0 Å². The summed E-state index contributed by atoms with van der Waals surface area (Å²) < 4.78 is 10.3. The van der Waals surface area contributed by atoms with Crippen LogP contribution in [-0.4, -0.2) is 48.2 Å². The first-order chi connectivity index (χ1) is 8.26. The summed E-state index contributed by atoms with van der Waals surface area (Å²) in [7, 11) is 1.50. The minimum atomic E-state index is -0.542. The number of likely N-dealkylation sites (tertiary alicyclic amines) is 1. The molecule has 1 heterocycles. The number of rotatable bonds is 3. The zero-order valence-electron chi connectivity index (χ0n) is 11.9. The van der Waals surface area contributed by atoms with Gasteiger partial charge in [-0.3, -0.25) is 9.69 Å². The van der Waals surface area contributed by atoms with Gasteiger partial charge in [0.1, 0.15) is 11.7 Å². The van der Waals surface area contributed by atoms with Crippen LogP contribution in [0, 0.1) is 0 Å². The number of amides is 1. The third kappa shape index (κ3) is 3.70. The van der Waals surface area contributed by atoms with Gasteiger partial charge in [0, 0.05) is 13.7 Å². The molecule has 0 spiro atoms. The number of nitrogens with zero attached hydrogens (tertiary/aromatic N) is 1. The van der Waals surface area contributed by atoms with E-state index < -0.39 is 23.8 Å². The van der Waals surface area contributed by atoms with Crippen LogP contribution in [0.1, 0.15) is 40.5 Å². The Balaban J connectivity index is 2.70. The highest BCUT2D eigenvalue weighted by molar-refractivity contribution is 5.91. The van der Waals surface area contributed by atoms with Crippen LogP contribution in [0.4, 0.5) is 4.79 Å². The van der Waals surface area contributed by atoms with Crippen molar-refractivity contribution in [3.8, 4) is 0 Å². The van der Waals surface area contributed by atoms with Crippen LogP contribution in [0.25, 0.3) is 0 Å². The molecule has 0 aromatic heterocycles. The van der Waals surface area contributed by atoms with E-state index in [1.165, 1.54) is 12.0 Å². The molecule has 0 N–H and O–H groups in total. The van der Waals surface area contributed by atoms with Crippen LogP contribution < -0.4 is 0 Å². The molecule has 0 radical (unpaired) electrons. The molecule has 5 nitrogen and oxygen atoms in total. The fourth-order valence-corrected chi connectivity index (χ4v) is 1.99. The summed E-state index contributed by atoms with van der Waals surface area (Å²) in [6, 6.07) is -0.408. The fourth-order valence-electron chi connectivity index (χ4n) is 1.99. The van der Waals surface area contributed by atoms with Crippen molar-refractivity contribution in [3.63, 3.8) is 0 Å². The second-order valence-corrected chi connectivity index (χ2v) is 5.61. The summed E-state index contributed by atoms with van der Waals surface area (Å²) in [5, 5.41) is 0. The number of carbonyl (C=O) groups excluding carboxylic acids is 2. The topological polar surface area (TPSA) is 55.8 Å². The molecule has 0 bridgehead atoms. The average Bonchev–Trinajstić information content (AvgIpc) is 2.73. The summed E-state index contributed by atoms with van der Waals surface area (Å²) in [5.41, 5.74) is -0.542. The van der Waals surface area contributed by atoms with E-state index in [0.29, 0.717) is 13.0 Å². The van der Waals surface area contributed by atoms with Crippen molar-refractivity contribution in [2.45, 2.75) is 58.3 Å². The lowest BCUT2D eigenvalue weighted by atomic mass is 10.1. The molecule has 1 rings (SSSR count). The molecular weight excluding hydrogens is 234 g/mol. The van der Waals surface area contributed by atoms with Crippen molar-refractivity contribution in [2.24, 2.45) is 0 Å². The van der Waals surface area contributed by atoms with E-state index in [0.717, 1.165) is 6.42 Å². The number of ketones is 1. The third-order valence-corrected chi connectivity index (χ3v) is 2.96. The van der Waals surface area contributed by atoms with E-state index in [-0.39, 0.29) is 5.78 Å². The maximum absolute atomic E-state index is 12.1. The van der Waals surface area contributed by atoms with Gasteiger partial charge < -0.3 is 9.47 Å². The molecule has 0 saturated carbocycles. The first kappa shape index (κ1) is 15.0. The first-order valence-corrected chi connectivity index (χ1v) is 6.32. The molecule has 5 heteroatoms. The number of ether oxygens (including phenoxy) is 2. The molecule has 0 unspecified atom stereocenters. The predicted molar refractivity (Wildman–Crippen MR) is 67.4 cm³/mol. The SMILES string of the molecule is CO[C@@H](C)C(=O)[C@@H]1CCCN1C(=O)OC(C)(C)C. The molecule has 104 valence electrons. The van der Waals surface area contributed by atoms with Gasteiger partial charge in [0.05, 0.1) is 6.04 Å². The van der Waals surface area contributed by atoms with Gasteiger partial charge in [0.15, 0.2) is 5.78 Å². The lowest BCUT2D eigenvalue weighted by Gasteiger charge is -2.28. The predicted octanol–water partition coefficient (Wildman–Crippen LogP) is 1.99. The summed E-state index contributed by atoms with van der Waals surface area (Å²) in [4.78, 5) is 25.6. The Bertz CT molecular complexity index is 321. The number of hydrogen-bond donors (Lipinski definition) is 0. The van der Waals surface area contributed by atoms with E-state index in [9.17, 15) is 9.59 Å². The van der Waals surface area contributed by atoms with Crippen LogP contribution in [0.3, 0.4) is 0 Å². The quantitative estimate of drug-likeness (QED) is 0.776. The molecule has 1 saturated heterocycles. The molecule has 0 aromatic carbocycles. The number of hydrogen-bond acceptors (Lipinski definition) is 4. The van der Waals surface area contributed by atoms with Crippen molar-refractivity contribution < 1.29 is 19.1 Å². The highest BCUT2D eigenvalue weighted by Gasteiger charge is 2.38. The Morgan fingerprint density at radius 1 is 1.33 bits per heavy atom. The Hall–Kier alpha value is -1.10. The molecule has 1 amide bonds. The maximum Gasteiger partial charge on any atom is 0.410 e. The van der Waals surface area contributed by atoms with Gasteiger partial charge in [-0.2, -0.15) is 0 Å². The lowest BCUT2D eigenvalue weighted by Crippen LogP contribution is -2.46. The molecule has 0 aromatic rings. The molecule has 1 fully saturated rings. The highest BCUT2D eigenvalue weighted by atomic mass is 16.6. The Labute approximate surface area is 108 Å². The van der Waals surface area contributed by atoms with Gasteiger partial charge in [-0.25, -0.2) is 4.79 Å². The van der Waals surface area contributed by atoms with Gasteiger partial charge in [-0.1, -0.05) is 0 Å². The molecule has 2 atom stereocenters. The van der Waals surface area contributed by atoms with Crippen molar-refractivity contribution >= 4 is 11.9 Å². The summed E-state index contributed by atoms with van der Waals surface area (Å²) in [6.07, 6.45) is 0.609. The lowest BCUT2D eigenvalue weighted by molar-refractivity contribution is -0.132. The van der Waals surface area contributed by atoms with Crippen LogP contribution in [0.2, 0.25) is 0 Å². The van der Waals surface area contributed by atoms with Gasteiger partial charge in [-0.05, 0) is 40.5 Å². The minimum Gasteiger partial charge on any atom is -0.444 e. The van der Waals surface area contributed by atoms with Crippen LogP contribution in [0.5, 0.6) is 0 Å². The number of Topliss-reactive ketones (excluding diaryl/α,β-unsaturated/α-hetero) is 1. The Morgan fingerprint density at radius 3 is 2.44 bits per heavy atom. The zero-order chi connectivity index (χ0) is 13.9. The van der Waals surface area contributed by atoms with Gasteiger partial charge in [0.25, 0.3) is 0 Å². The molecular formula is C13H23NO4. The standard InChI is InChI=1S/C13H23NO4/c1-9(17-5)11(15)10-7-6-8-14(10)12(16)18-13(2,3)4/h9-10H,6-8H2,1-5H3/t9-,10-/m0/s1. The highest BCUT2D eigenvalue weighted by Crippen LogP contribution is 2.22. The molecule has 1 aliphatic heterocycles. The minimum absolute atomic E-state index is 0.0548. The van der Waals surface area contributed by atoms with Gasteiger partial charge >= 0.3 is 6.09 Å². The van der Waals surface area contributed by atoms with Gasteiger partial charge in [-0.15, -0.1) is 0 Å². The number of carbonyl (C=O) groups is 2. The van der Waals surface area contributed by atoms with Crippen LogP contribution >= 0.6 is 0 Å². The van der Waals surface area contributed by atoms with Crippen molar-refractivity contribution in [3.05, 3.63) is 0 Å². The molecule has 0 aliphatic carbocycles. The fraction of sp³-hybridized carbons (Fsp3) is 0.846. The normalized spacial score (nSPS) is 21.8. The van der Waals surface area contributed by atoms with E-state index in [1.807, 2.05) is 20.8 Å². The van der Waals surface area contributed by atoms with E-state index in [4.69, 9.17) is 9.47 Å². The average molecular weight is 257 g/mol. The van der Waals surface area contributed by atoms with E-state index in [2.05, 4.69) is 0 Å². The molecule has 18 heavy (non-hydrogen) atoms. The Morgan fingerprint density at radius 2 is 1.94 bits per heavy atom. The Kier molecular flexibility index (Phi) is 4.73. The smallest absolute Gasteiger partial charge is 0.410 e. The van der Waals surface area contributed by atoms with Crippen LogP contribution in [-0.2, 0) is 14.3 Å². The first-order valence-electron chi connectivity index (χ1n) is 6.32. The second-order valence-electron chi connectivity index (χ2n) is 5.61. The third-order valence-electron chi connectivity index (χ3n) is 2.96. The summed E-state index contributed by atoms with van der Waals surface area (Å²) in [5.74, 6) is -0.0548. The van der Waals surface area contributed by atoms with Crippen molar-refractivity contribution in [2.75, 3.05) is 13.7 Å². The van der Waals surface area contributed by atoms with Crippen LogP contribution in [0.15, 0.2) is 0 Å². The zero-order valence-corrected chi connectivity index (χ0v) is 11.9. The van der Waals surface area contributed by atoms with E-state index in [1.54, 1.807) is 6.92 Å². The largest absolute Gasteiger partial charge is 0.444 e. The van der Waals surface area contributed by atoms with Gasteiger partial charge in [0.2, 0.25) is 0 Å². The van der Waals surface area contributed by atoms with Crippen molar-refractivity contribution in [1.29, 1.82) is 0 Å².